The van der Waals surface area contributed by atoms with E-state index in [1.54, 1.807) is 0 Å². The fraction of sp³-hybridized carbons (Fsp3) is 0.818. The second-order valence-electron chi connectivity index (χ2n) is 4.80. The third-order valence-corrected chi connectivity index (χ3v) is 4.40. The van der Waals surface area contributed by atoms with Crippen molar-refractivity contribution in [1.29, 1.82) is 0 Å². The Bertz CT molecular complexity index is 224. The van der Waals surface area contributed by atoms with Crippen LogP contribution in [0.5, 0.6) is 0 Å². The average Bonchev–Trinajstić information content (AvgIpc) is 2.97. The van der Waals surface area contributed by atoms with Crippen molar-refractivity contribution in [1.82, 2.24) is 0 Å². The molecule has 2 heteroatoms. The van der Waals surface area contributed by atoms with Gasteiger partial charge in [-0.15, -0.1) is 0 Å². The molecule has 4 aliphatic carbocycles. The maximum absolute atomic E-state index is 9.31. The SMILES string of the molecule is OC[C@@H]1[C@H]2C=C[C@H]([C@H]3C[C@@H]23)[C@@H]1CO. The molecule has 2 saturated carbocycles. The van der Waals surface area contributed by atoms with Crippen molar-refractivity contribution in [3.8, 4) is 0 Å². The van der Waals surface area contributed by atoms with Gasteiger partial charge in [0.15, 0.2) is 0 Å². The highest BCUT2D eigenvalue weighted by molar-refractivity contribution is 5.20. The number of aliphatic hydroxyl groups excluding tert-OH is 2. The van der Waals surface area contributed by atoms with E-state index in [0.717, 1.165) is 11.8 Å². The van der Waals surface area contributed by atoms with Crippen LogP contribution in [0.3, 0.4) is 0 Å². The Morgan fingerprint density at radius 2 is 1.38 bits per heavy atom. The average molecular weight is 180 g/mol. The number of aliphatic hydroxyl groups is 2. The van der Waals surface area contributed by atoms with Gasteiger partial charge in [0.25, 0.3) is 0 Å². The van der Waals surface area contributed by atoms with E-state index in [0.29, 0.717) is 23.7 Å². The maximum Gasteiger partial charge on any atom is 0.0468 e. The van der Waals surface area contributed by atoms with Crippen LogP contribution in [0.4, 0.5) is 0 Å². The maximum atomic E-state index is 9.31. The lowest BCUT2D eigenvalue weighted by Gasteiger charge is -2.43. The number of rotatable bonds is 2. The predicted octanol–water partition coefficient (Wildman–Crippen LogP) is 0.655. The topological polar surface area (TPSA) is 40.5 Å². The molecule has 0 aliphatic heterocycles. The van der Waals surface area contributed by atoms with Crippen LogP contribution in [0.2, 0.25) is 0 Å². The second-order valence-corrected chi connectivity index (χ2v) is 4.80. The molecule has 2 bridgehead atoms. The fourth-order valence-corrected chi connectivity index (χ4v) is 3.67. The minimum absolute atomic E-state index is 0.250. The molecule has 2 N–H and O–H groups in total. The van der Waals surface area contributed by atoms with Gasteiger partial charge in [-0.05, 0) is 41.9 Å². The molecule has 4 rings (SSSR count). The van der Waals surface area contributed by atoms with E-state index < -0.39 is 0 Å². The van der Waals surface area contributed by atoms with Crippen LogP contribution in [0.1, 0.15) is 6.42 Å². The molecule has 0 saturated heterocycles. The number of hydrogen-bond donors (Lipinski definition) is 2. The smallest absolute Gasteiger partial charge is 0.0468 e. The molecule has 0 spiro atoms. The van der Waals surface area contributed by atoms with Crippen molar-refractivity contribution in [2.45, 2.75) is 6.42 Å². The summed E-state index contributed by atoms with van der Waals surface area (Å²) in [7, 11) is 0. The Balaban J connectivity index is 1.93. The quantitative estimate of drug-likeness (QED) is 0.613. The van der Waals surface area contributed by atoms with Gasteiger partial charge in [0.2, 0.25) is 0 Å². The van der Waals surface area contributed by atoms with Crippen molar-refractivity contribution in [3.63, 3.8) is 0 Å². The lowest BCUT2D eigenvalue weighted by atomic mass is 9.63. The molecule has 0 aromatic rings. The molecule has 0 aromatic carbocycles. The van der Waals surface area contributed by atoms with Gasteiger partial charge >= 0.3 is 0 Å². The fourth-order valence-electron chi connectivity index (χ4n) is 3.67. The third-order valence-electron chi connectivity index (χ3n) is 4.40. The van der Waals surface area contributed by atoms with E-state index >= 15 is 0 Å². The monoisotopic (exact) mass is 180 g/mol. The highest BCUT2D eigenvalue weighted by atomic mass is 16.3. The minimum Gasteiger partial charge on any atom is -0.396 e. The standard InChI is InChI=1S/C11H16O2/c12-4-10-6-1-2-7(11(10)5-13)9-3-8(6)9/h1-2,6-13H,3-5H2/t6-,7+,8-,9+,10+,11-. The molecule has 0 unspecified atom stereocenters. The zero-order valence-corrected chi connectivity index (χ0v) is 7.63. The van der Waals surface area contributed by atoms with Gasteiger partial charge in [0.05, 0.1) is 0 Å². The van der Waals surface area contributed by atoms with Crippen molar-refractivity contribution in [2.24, 2.45) is 35.5 Å². The highest BCUT2D eigenvalue weighted by Gasteiger charge is 2.58. The largest absolute Gasteiger partial charge is 0.396 e. The van der Waals surface area contributed by atoms with Gasteiger partial charge in [0.1, 0.15) is 0 Å². The van der Waals surface area contributed by atoms with E-state index in [1.165, 1.54) is 6.42 Å². The summed E-state index contributed by atoms with van der Waals surface area (Å²) in [5.74, 6) is 3.49. The summed E-state index contributed by atoms with van der Waals surface area (Å²) in [6, 6.07) is 0. The van der Waals surface area contributed by atoms with Gasteiger partial charge in [-0.25, -0.2) is 0 Å². The second kappa shape index (κ2) is 2.58. The van der Waals surface area contributed by atoms with Gasteiger partial charge in [-0.1, -0.05) is 12.2 Å². The van der Waals surface area contributed by atoms with E-state index in [4.69, 9.17) is 0 Å². The van der Waals surface area contributed by atoms with Gasteiger partial charge in [-0.2, -0.15) is 0 Å². The van der Waals surface area contributed by atoms with Gasteiger partial charge in [0, 0.05) is 13.2 Å². The number of allylic oxidation sites excluding steroid dienone is 2. The zero-order valence-electron chi connectivity index (χ0n) is 7.63. The van der Waals surface area contributed by atoms with Crippen molar-refractivity contribution >= 4 is 0 Å². The number of hydrogen-bond acceptors (Lipinski definition) is 2. The Hall–Kier alpha value is -0.340. The molecule has 0 heterocycles. The Morgan fingerprint density at radius 3 is 1.77 bits per heavy atom. The van der Waals surface area contributed by atoms with Crippen molar-refractivity contribution in [3.05, 3.63) is 12.2 Å². The van der Waals surface area contributed by atoms with Crippen molar-refractivity contribution < 1.29 is 10.2 Å². The van der Waals surface area contributed by atoms with Crippen LogP contribution >= 0.6 is 0 Å². The molecular weight excluding hydrogens is 164 g/mol. The normalized spacial score (nSPS) is 56.5. The Kier molecular flexibility index (Phi) is 1.59. The summed E-state index contributed by atoms with van der Waals surface area (Å²) in [5.41, 5.74) is 0. The first-order chi connectivity index (χ1) is 6.36. The van der Waals surface area contributed by atoms with Crippen LogP contribution in [-0.2, 0) is 0 Å². The minimum atomic E-state index is 0.250. The highest BCUT2D eigenvalue weighted by Crippen LogP contribution is 2.63. The van der Waals surface area contributed by atoms with Crippen LogP contribution in [0.25, 0.3) is 0 Å². The van der Waals surface area contributed by atoms with E-state index in [1.807, 2.05) is 0 Å². The Labute approximate surface area is 78.3 Å². The van der Waals surface area contributed by atoms with E-state index in [2.05, 4.69) is 12.2 Å². The van der Waals surface area contributed by atoms with Crippen LogP contribution in [-0.4, -0.2) is 23.4 Å². The lowest BCUT2D eigenvalue weighted by Crippen LogP contribution is -2.42. The predicted molar refractivity (Wildman–Crippen MR) is 48.9 cm³/mol. The first-order valence-corrected chi connectivity index (χ1v) is 5.27. The van der Waals surface area contributed by atoms with Gasteiger partial charge < -0.3 is 10.2 Å². The first kappa shape index (κ1) is 8.01. The molecule has 72 valence electrons. The molecular formula is C11H16O2. The summed E-state index contributed by atoms with van der Waals surface area (Å²) in [5, 5.41) is 18.6. The summed E-state index contributed by atoms with van der Waals surface area (Å²) in [6.07, 6.45) is 5.90. The molecule has 2 fully saturated rings. The third kappa shape index (κ3) is 0.906. The molecule has 2 nitrogen and oxygen atoms in total. The molecule has 0 radical (unpaired) electrons. The molecule has 0 amide bonds. The van der Waals surface area contributed by atoms with Crippen LogP contribution < -0.4 is 0 Å². The van der Waals surface area contributed by atoms with Crippen LogP contribution in [0, 0.1) is 35.5 Å². The van der Waals surface area contributed by atoms with E-state index in [-0.39, 0.29) is 13.2 Å². The summed E-state index contributed by atoms with van der Waals surface area (Å²) in [6.45, 7) is 0.500. The molecule has 0 aromatic heterocycles. The summed E-state index contributed by atoms with van der Waals surface area (Å²) >= 11 is 0. The number of fused-ring (bicyclic) bond motifs is 1. The lowest BCUT2D eigenvalue weighted by molar-refractivity contribution is 0.0207. The van der Waals surface area contributed by atoms with E-state index in [9.17, 15) is 10.2 Å². The Morgan fingerprint density at radius 1 is 0.923 bits per heavy atom. The van der Waals surface area contributed by atoms with Crippen LogP contribution in [0.15, 0.2) is 12.2 Å². The summed E-state index contributed by atoms with van der Waals surface area (Å²) < 4.78 is 0. The molecule has 6 atom stereocenters. The molecule has 4 aliphatic rings. The summed E-state index contributed by atoms with van der Waals surface area (Å²) in [4.78, 5) is 0. The zero-order chi connectivity index (χ0) is 9.00. The first-order valence-electron chi connectivity index (χ1n) is 5.27. The van der Waals surface area contributed by atoms with Crippen molar-refractivity contribution in [2.75, 3.05) is 13.2 Å². The van der Waals surface area contributed by atoms with Gasteiger partial charge in [-0.3, -0.25) is 0 Å². The molecule has 13 heavy (non-hydrogen) atoms.